The number of fused-ring (bicyclic) bond motifs is 1. The summed E-state index contributed by atoms with van der Waals surface area (Å²) < 4.78 is 23.9. The molecule has 35 heavy (non-hydrogen) atoms. The molecule has 3 heterocycles. The fourth-order valence-electron chi connectivity index (χ4n) is 4.31. The predicted octanol–water partition coefficient (Wildman–Crippen LogP) is 5.33. The van der Waals surface area contributed by atoms with E-state index in [4.69, 9.17) is 4.74 Å². The summed E-state index contributed by atoms with van der Waals surface area (Å²) in [5, 5.41) is 0. The van der Waals surface area contributed by atoms with Crippen LogP contribution in [0.5, 0.6) is 0 Å². The first-order valence-electron chi connectivity index (χ1n) is 12.0. The molecule has 0 spiro atoms. The van der Waals surface area contributed by atoms with E-state index in [9.17, 15) is 4.21 Å². The molecule has 2 aromatic carbocycles. The highest BCUT2D eigenvalue weighted by Gasteiger charge is 2.25. The fourth-order valence-corrected chi connectivity index (χ4v) is 5.15. The van der Waals surface area contributed by atoms with Crippen molar-refractivity contribution in [1.82, 2.24) is 24.2 Å². The van der Waals surface area contributed by atoms with Crippen LogP contribution in [0.15, 0.2) is 67.3 Å². The first-order valence-corrected chi connectivity index (χ1v) is 13.2. The summed E-state index contributed by atoms with van der Waals surface area (Å²) in [4.78, 5) is 13.7. The molecular formula is C27H31N5O2S. The van der Waals surface area contributed by atoms with E-state index in [0.717, 1.165) is 59.4 Å². The summed E-state index contributed by atoms with van der Waals surface area (Å²) >= 11 is 0. The van der Waals surface area contributed by atoms with Crippen LogP contribution in [-0.2, 0) is 15.7 Å². The second-order valence-electron chi connectivity index (χ2n) is 9.83. The topological polar surface area (TPSA) is 81.9 Å². The number of benzene rings is 2. The van der Waals surface area contributed by atoms with Gasteiger partial charge in [0.15, 0.2) is 5.65 Å². The molecule has 0 aliphatic carbocycles. The molecule has 4 aromatic rings. The van der Waals surface area contributed by atoms with Crippen LogP contribution < -0.4 is 4.72 Å². The van der Waals surface area contributed by atoms with Crippen molar-refractivity contribution >= 4 is 22.1 Å². The molecule has 2 aromatic heterocycles. The zero-order valence-corrected chi connectivity index (χ0v) is 21.2. The van der Waals surface area contributed by atoms with E-state index in [-0.39, 0.29) is 17.0 Å². The molecule has 1 N–H and O–H groups in total. The van der Waals surface area contributed by atoms with E-state index in [1.807, 2.05) is 62.0 Å². The molecule has 7 nitrogen and oxygen atoms in total. The molecule has 8 heteroatoms. The standard InChI is InChI=1S/C27H31N5O2S/c1-27(2,3)35(33)31-23(19-9-5-4-6-10-19)20-12-14-21(15-13-20)24-25-26(29-17-28-24)32(18-30-25)22-11-7-8-16-34-22/h4-6,9-10,12-15,17-18,22-23,31H,7-8,11,16H2,1-3H3. The largest absolute Gasteiger partial charge is 0.358 e. The zero-order valence-electron chi connectivity index (χ0n) is 20.3. The van der Waals surface area contributed by atoms with Gasteiger partial charge in [0.05, 0.1) is 28.1 Å². The van der Waals surface area contributed by atoms with Gasteiger partial charge < -0.3 is 4.74 Å². The van der Waals surface area contributed by atoms with Crippen molar-refractivity contribution in [3.05, 3.63) is 78.4 Å². The fraction of sp³-hybridized carbons (Fsp3) is 0.370. The van der Waals surface area contributed by atoms with Gasteiger partial charge in [-0.25, -0.2) is 23.9 Å². The molecule has 3 unspecified atom stereocenters. The lowest BCUT2D eigenvalue weighted by atomic mass is 9.98. The van der Waals surface area contributed by atoms with Gasteiger partial charge in [0, 0.05) is 12.2 Å². The monoisotopic (exact) mass is 489 g/mol. The Morgan fingerprint density at radius 2 is 1.74 bits per heavy atom. The molecule has 3 atom stereocenters. The SMILES string of the molecule is CC(C)(C)S(=O)NC(c1ccccc1)c1ccc(-c2ncnc3c2ncn3C2CCCCO2)cc1. The van der Waals surface area contributed by atoms with Crippen LogP contribution in [-0.4, -0.2) is 35.1 Å². The van der Waals surface area contributed by atoms with Crippen LogP contribution in [0.2, 0.25) is 0 Å². The van der Waals surface area contributed by atoms with Gasteiger partial charge in [0.2, 0.25) is 0 Å². The zero-order chi connectivity index (χ0) is 24.4. The molecule has 0 saturated carbocycles. The van der Waals surface area contributed by atoms with Crippen molar-refractivity contribution in [3.63, 3.8) is 0 Å². The van der Waals surface area contributed by atoms with E-state index in [1.165, 1.54) is 0 Å². The van der Waals surface area contributed by atoms with Crippen LogP contribution in [0.3, 0.4) is 0 Å². The summed E-state index contributed by atoms with van der Waals surface area (Å²) in [5.74, 6) is 0. The van der Waals surface area contributed by atoms with Crippen LogP contribution in [0.1, 0.15) is 63.4 Å². The average molecular weight is 490 g/mol. The van der Waals surface area contributed by atoms with Gasteiger partial charge in [-0.15, -0.1) is 0 Å². The van der Waals surface area contributed by atoms with Gasteiger partial charge in [-0.3, -0.25) is 4.57 Å². The summed E-state index contributed by atoms with van der Waals surface area (Å²) in [7, 11) is -1.22. The minimum absolute atomic E-state index is 0.0275. The van der Waals surface area contributed by atoms with Crippen molar-refractivity contribution in [1.29, 1.82) is 0 Å². The Morgan fingerprint density at radius 1 is 1.00 bits per heavy atom. The third kappa shape index (κ3) is 5.05. The second-order valence-corrected chi connectivity index (χ2v) is 11.8. The molecule has 1 aliphatic rings. The van der Waals surface area contributed by atoms with Gasteiger partial charge in [-0.2, -0.15) is 0 Å². The first-order chi connectivity index (χ1) is 16.9. The van der Waals surface area contributed by atoms with Crippen LogP contribution >= 0.6 is 0 Å². The first kappa shape index (κ1) is 23.8. The molecule has 0 bridgehead atoms. The van der Waals surface area contributed by atoms with Gasteiger partial charge in [-0.1, -0.05) is 54.6 Å². The maximum Gasteiger partial charge on any atom is 0.165 e. The summed E-state index contributed by atoms with van der Waals surface area (Å²) in [5.41, 5.74) is 5.40. The van der Waals surface area contributed by atoms with E-state index in [2.05, 4.69) is 43.9 Å². The Labute approximate surface area is 208 Å². The molecule has 1 fully saturated rings. The normalized spacial score (nSPS) is 18.4. The Balaban J connectivity index is 1.47. The van der Waals surface area contributed by atoms with Crippen LogP contribution in [0.25, 0.3) is 22.4 Å². The van der Waals surface area contributed by atoms with E-state index in [0.29, 0.717) is 0 Å². The summed E-state index contributed by atoms with van der Waals surface area (Å²) in [6.45, 7) is 6.68. The molecule has 5 rings (SSSR count). The van der Waals surface area contributed by atoms with Gasteiger partial charge in [-0.05, 0) is 51.2 Å². The number of hydrogen-bond donors (Lipinski definition) is 1. The lowest BCUT2D eigenvalue weighted by Gasteiger charge is -2.25. The van der Waals surface area contributed by atoms with Crippen LogP contribution in [0.4, 0.5) is 0 Å². The number of hydrogen-bond acceptors (Lipinski definition) is 5. The van der Waals surface area contributed by atoms with E-state index in [1.54, 1.807) is 6.33 Å². The lowest BCUT2D eigenvalue weighted by Crippen LogP contribution is -2.36. The van der Waals surface area contributed by atoms with Crippen molar-refractivity contribution in [2.24, 2.45) is 0 Å². The van der Waals surface area contributed by atoms with Gasteiger partial charge in [0.1, 0.15) is 23.8 Å². The number of ether oxygens (including phenoxy) is 1. The minimum Gasteiger partial charge on any atom is -0.358 e. The molecule has 0 radical (unpaired) electrons. The number of nitrogens with one attached hydrogen (secondary N) is 1. The van der Waals surface area contributed by atoms with Crippen molar-refractivity contribution in [3.8, 4) is 11.3 Å². The Hall–Kier alpha value is -2.94. The number of imidazole rings is 1. The Bertz CT molecular complexity index is 1310. The maximum absolute atomic E-state index is 13.0. The molecule has 0 amide bonds. The van der Waals surface area contributed by atoms with Gasteiger partial charge in [0.25, 0.3) is 0 Å². The Morgan fingerprint density at radius 3 is 2.43 bits per heavy atom. The van der Waals surface area contributed by atoms with Crippen LogP contribution in [0, 0.1) is 0 Å². The van der Waals surface area contributed by atoms with E-state index < -0.39 is 11.0 Å². The highest BCUT2D eigenvalue weighted by atomic mass is 32.2. The number of aromatic nitrogens is 4. The minimum atomic E-state index is -1.22. The highest BCUT2D eigenvalue weighted by Crippen LogP contribution is 2.31. The van der Waals surface area contributed by atoms with Crippen molar-refractivity contribution in [2.45, 2.75) is 57.1 Å². The smallest absolute Gasteiger partial charge is 0.165 e. The number of nitrogens with zero attached hydrogens (tertiary/aromatic N) is 4. The average Bonchev–Trinajstić information content (AvgIpc) is 3.32. The second kappa shape index (κ2) is 9.97. The van der Waals surface area contributed by atoms with Crippen molar-refractivity contribution < 1.29 is 8.95 Å². The van der Waals surface area contributed by atoms with Gasteiger partial charge >= 0.3 is 0 Å². The maximum atomic E-state index is 13.0. The molecule has 182 valence electrons. The lowest BCUT2D eigenvalue weighted by molar-refractivity contribution is -0.0298. The predicted molar refractivity (Wildman–Crippen MR) is 139 cm³/mol. The molecular weight excluding hydrogens is 458 g/mol. The Kier molecular flexibility index (Phi) is 6.77. The quantitative estimate of drug-likeness (QED) is 0.396. The summed E-state index contributed by atoms with van der Waals surface area (Å²) in [6.07, 6.45) is 6.57. The van der Waals surface area contributed by atoms with E-state index >= 15 is 0 Å². The molecule has 1 saturated heterocycles. The van der Waals surface area contributed by atoms with Crippen molar-refractivity contribution in [2.75, 3.05) is 6.61 Å². The summed E-state index contributed by atoms with van der Waals surface area (Å²) in [6, 6.07) is 18.1. The highest BCUT2D eigenvalue weighted by molar-refractivity contribution is 7.84. The third-order valence-corrected chi connectivity index (χ3v) is 7.82. The third-order valence-electron chi connectivity index (χ3n) is 6.26. The molecule has 1 aliphatic heterocycles. The number of rotatable bonds is 6.